The zero-order valence-corrected chi connectivity index (χ0v) is 9.78. The van der Waals surface area contributed by atoms with E-state index in [9.17, 15) is 9.59 Å². The topological polar surface area (TPSA) is 112 Å². The normalized spacial score (nSPS) is 12.1. The molecule has 1 amide bonds. The van der Waals surface area contributed by atoms with Gasteiger partial charge in [0.25, 0.3) is 5.91 Å². The minimum atomic E-state index is -1.36. The van der Waals surface area contributed by atoms with E-state index in [2.05, 4.69) is 15.3 Å². The van der Waals surface area contributed by atoms with Crippen molar-refractivity contribution in [3.8, 4) is 0 Å². The molecule has 0 radical (unpaired) electrons. The van der Waals surface area contributed by atoms with Crippen LogP contribution in [0.2, 0.25) is 0 Å². The molecule has 0 spiro atoms. The largest absolute Gasteiger partial charge is 0.480 e. The number of aliphatic carboxylic acids is 1. The number of fused-ring (bicyclic) bond motifs is 1. The molecule has 2 rings (SSSR count). The molecular weight excluding hydrogens is 250 g/mol. The second-order valence-corrected chi connectivity index (χ2v) is 3.79. The summed E-state index contributed by atoms with van der Waals surface area (Å²) in [5, 5.41) is 19.7. The Morgan fingerprint density at radius 3 is 2.58 bits per heavy atom. The van der Waals surface area contributed by atoms with Crippen LogP contribution in [0.3, 0.4) is 0 Å². The maximum Gasteiger partial charge on any atom is 0.328 e. The van der Waals surface area contributed by atoms with Gasteiger partial charge in [-0.15, -0.1) is 0 Å². The third-order valence-corrected chi connectivity index (χ3v) is 2.47. The molecule has 1 aromatic heterocycles. The molecular formula is C12H11N3O4. The van der Waals surface area contributed by atoms with Gasteiger partial charge >= 0.3 is 5.97 Å². The van der Waals surface area contributed by atoms with Crippen LogP contribution in [0.1, 0.15) is 10.5 Å². The Labute approximate surface area is 107 Å². The van der Waals surface area contributed by atoms with Crippen molar-refractivity contribution in [3.63, 3.8) is 0 Å². The van der Waals surface area contributed by atoms with E-state index in [1.807, 2.05) is 0 Å². The van der Waals surface area contributed by atoms with Crippen molar-refractivity contribution in [2.75, 3.05) is 6.61 Å². The Balaban J connectivity index is 2.24. The van der Waals surface area contributed by atoms with Crippen molar-refractivity contribution in [2.24, 2.45) is 0 Å². The first-order chi connectivity index (χ1) is 9.11. The zero-order chi connectivity index (χ0) is 13.8. The van der Waals surface area contributed by atoms with E-state index in [4.69, 9.17) is 10.2 Å². The summed E-state index contributed by atoms with van der Waals surface area (Å²) < 4.78 is 0. The van der Waals surface area contributed by atoms with Gasteiger partial charge in [-0.2, -0.15) is 0 Å². The number of para-hydroxylation sites is 2. The van der Waals surface area contributed by atoms with E-state index in [-0.39, 0.29) is 5.69 Å². The van der Waals surface area contributed by atoms with Crippen molar-refractivity contribution in [2.45, 2.75) is 6.04 Å². The monoisotopic (exact) mass is 261 g/mol. The average molecular weight is 261 g/mol. The lowest BCUT2D eigenvalue weighted by Gasteiger charge is -2.11. The summed E-state index contributed by atoms with van der Waals surface area (Å²) in [6.07, 6.45) is 1.26. The minimum absolute atomic E-state index is 0.00148. The molecule has 0 saturated carbocycles. The maximum atomic E-state index is 11.8. The SMILES string of the molecule is O=C(NC(CO)C(=O)O)c1cnc2ccccc2n1. The number of carbonyl (C=O) groups is 2. The summed E-state index contributed by atoms with van der Waals surface area (Å²) in [5.41, 5.74) is 1.17. The van der Waals surface area contributed by atoms with Crippen LogP contribution in [0.25, 0.3) is 11.0 Å². The predicted molar refractivity (Wildman–Crippen MR) is 65.5 cm³/mol. The van der Waals surface area contributed by atoms with Gasteiger partial charge in [-0.25, -0.2) is 9.78 Å². The van der Waals surface area contributed by atoms with Gasteiger partial charge in [-0.3, -0.25) is 9.78 Å². The number of amides is 1. The molecule has 0 aliphatic heterocycles. The number of carbonyl (C=O) groups excluding carboxylic acids is 1. The second kappa shape index (κ2) is 5.40. The van der Waals surface area contributed by atoms with Crippen LogP contribution in [0.4, 0.5) is 0 Å². The van der Waals surface area contributed by atoms with Crippen molar-refractivity contribution >= 4 is 22.9 Å². The number of hydrogen-bond acceptors (Lipinski definition) is 5. The second-order valence-electron chi connectivity index (χ2n) is 3.79. The Hall–Kier alpha value is -2.54. The van der Waals surface area contributed by atoms with Gasteiger partial charge in [-0.1, -0.05) is 12.1 Å². The molecule has 19 heavy (non-hydrogen) atoms. The van der Waals surface area contributed by atoms with Crippen LogP contribution in [-0.2, 0) is 4.79 Å². The first-order valence-corrected chi connectivity index (χ1v) is 5.48. The van der Waals surface area contributed by atoms with Gasteiger partial charge in [-0.05, 0) is 12.1 Å². The Kier molecular flexibility index (Phi) is 3.67. The summed E-state index contributed by atoms with van der Waals surface area (Å²) in [7, 11) is 0. The van der Waals surface area contributed by atoms with Crippen LogP contribution in [0.15, 0.2) is 30.5 Å². The van der Waals surface area contributed by atoms with E-state index in [1.54, 1.807) is 24.3 Å². The van der Waals surface area contributed by atoms with Crippen LogP contribution in [0, 0.1) is 0 Å². The lowest BCUT2D eigenvalue weighted by Crippen LogP contribution is -2.43. The summed E-state index contributed by atoms with van der Waals surface area (Å²) in [6, 6.07) is 5.63. The first kappa shape index (κ1) is 12.9. The Morgan fingerprint density at radius 2 is 1.95 bits per heavy atom. The summed E-state index contributed by atoms with van der Waals surface area (Å²) in [6.45, 7) is -0.692. The molecule has 1 heterocycles. The molecule has 0 saturated heterocycles. The molecule has 1 aromatic carbocycles. The maximum absolute atomic E-state index is 11.8. The smallest absolute Gasteiger partial charge is 0.328 e. The van der Waals surface area contributed by atoms with Crippen molar-refractivity contribution in [3.05, 3.63) is 36.2 Å². The van der Waals surface area contributed by atoms with Gasteiger partial charge in [0.2, 0.25) is 0 Å². The van der Waals surface area contributed by atoms with Crippen LogP contribution >= 0.6 is 0 Å². The molecule has 0 aliphatic rings. The first-order valence-electron chi connectivity index (χ1n) is 5.48. The number of benzene rings is 1. The standard InChI is InChI=1S/C12H11N3O4/c16-6-10(12(18)19)15-11(17)9-5-13-7-3-1-2-4-8(7)14-9/h1-5,10,16H,6H2,(H,15,17)(H,18,19). The lowest BCUT2D eigenvalue weighted by atomic mass is 10.2. The van der Waals surface area contributed by atoms with Gasteiger partial charge in [0.1, 0.15) is 5.69 Å². The number of carboxylic acids is 1. The number of aromatic nitrogens is 2. The minimum Gasteiger partial charge on any atom is -0.480 e. The third kappa shape index (κ3) is 2.83. The van der Waals surface area contributed by atoms with Gasteiger partial charge in [0, 0.05) is 0 Å². The van der Waals surface area contributed by atoms with Crippen molar-refractivity contribution in [1.29, 1.82) is 0 Å². The number of hydrogen-bond donors (Lipinski definition) is 3. The molecule has 0 aliphatic carbocycles. The van der Waals surface area contributed by atoms with E-state index < -0.39 is 24.5 Å². The number of rotatable bonds is 4. The van der Waals surface area contributed by atoms with Crippen LogP contribution in [-0.4, -0.2) is 44.7 Å². The highest BCUT2D eigenvalue weighted by atomic mass is 16.4. The van der Waals surface area contributed by atoms with Crippen molar-refractivity contribution in [1.82, 2.24) is 15.3 Å². The fourth-order valence-corrected chi connectivity index (χ4v) is 1.48. The highest BCUT2D eigenvalue weighted by Crippen LogP contribution is 2.08. The quantitative estimate of drug-likeness (QED) is 0.703. The fraction of sp³-hybridized carbons (Fsp3) is 0.167. The molecule has 7 heteroatoms. The zero-order valence-electron chi connectivity index (χ0n) is 9.78. The highest BCUT2D eigenvalue weighted by molar-refractivity contribution is 5.96. The fourth-order valence-electron chi connectivity index (χ4n) is 1.48. The molecule has 1 atom stereocenters. The number of aliphatic hydroxyl groups is 1. The Morgan fingerprint density at radius 1 is 1.26 bits per heavy atom. The van der Waals surface area contributed by atoms with Gasteiger partial charge in [0.05, 0.1) is 23.8 Å². The molecule has 2 aromatic rings. The van der Waals surface area contributed by atoms with E-state index in [1.165, 1.54) is 6.20 Å². The summed E-state index contributed by atoms with van der Waals surface area (Å²) in [5.74, 6) is -2.01. The molecule has 1 unspecified atom stereocenters. The van der Waals surface area contributed by atoms with E-state index >= 15 is 0 Å². The molecule has 0 fully saturated rings. The average Bonchev–Trinajstić information content (AvgIpc) is 2.43. The number of nitrogens with zero attached hydrogens (tertiary/aromatic N) is 2. The number of carboxylic acid groups (broad SMARTS) is 1. The number of nitrogens with one attached hydrogen (secondary N) is 1. The molecule has 0 bridgehead atoms. The van der Waals surface area contributed by atoms with Gasteiger partial charge in [0.15, 0.2) is 6.04 Å². The molecule has 3 N–H and O–H groups in total. The number of aliphatic hydroxyl groups excluding tert-OH is 1. The predicted octanol–water partition coefficient (Wildman–Crippen LogP) is -0.195. The summed E-state index contributed by atoms with van der Waals surface area (Å²) in [4.78, 5) is 30.6. The Bertz CT molecular complexity index is 629. The van der Waals surface area contributed by atoms with Crippen molar-refractivity contribution < 1.29 is 19.8 Å². The third-order valence-electron chi connectivity index (χ3n) is 2.47. The summed E-state index contributed by atoms with van der Waals surface area (Å²) >= 11 is 0. The molecule has 98 valence electrons. The van der Waals surface area contributed by atoms with Crippen LogP contribution in [0.5, 0.6) is 0 Å². The lowest BCUT2D eigenvalue weighted by molar-refractivity contribution is -0.140. The van der Waals surface area contributed by atoms with E-state index in [0.29, 0.717) is 11.0 Å². The van der Waals surface area contributed by atoms with E-state index in [0.717, 1.165) is 0 Å². The van der Waals surface area contributed by atoms with Gasteiger partial charge < -0.3 is 15.5 Å². The highest BCUT2D eigenvalue weighted by Gasteiger charge is 2.20. The molecule has 7 nitrogen and oxygen atoms in total. The van der Waals surface area contributed by atoms with Crippen LogP contribution < -0.4 is 5.32 Å².